The number of amides is 2. The Bertz CT molecular complexity index is 1430. The number of carbonyl (C=O) groups excluding carboxylic acids is 2. The van der Waals surface area contributed by atoms with Gasteiger partial charge in [-0.05, 0) is 24.6 Å². The normalized spacial score (nSPS) is 17.7. The highest BCUT2D eigenvalue weighted by Crippen LogP contribution is 2.38. The number of hydrogen-bond acceptors (Lipinski definition) is 7. The molecule has 32 heavy (non-hydrogen) atoms. The summed E-state index contributed by atoms with van der Waals surface area (Å²) in [6.07, 6.45) is 1.79. The number of benzene rings is 1. The first-order valence-corrected chi connectivity index (χ1v) is 11.3. The third kappa shape index (κ3) is 2.93. The molecule has 5 heterocycles. The minimum absolute atomic E-state index is 0.302. The number of aromatic nitrogens is 3. The van der Waals surface area contributed by atoms with Crippen molar-refractivity contribution in [1.29, 1.82) is 0 Å². The van der Waals surface area contributed by atoms with E-state index in [1.54, 1.807) is 17.5 Å². The largest absolute Gasteiger partial charge is 0.352 e. The number of anilines is 1. The highest BCUT2D eigenvalue weighted by molar-refractivity contribution is 7.16. The molecule has 0 saturated carbocycles. The van der Waals surface area contributed by atoms with E-state index in [1.807, 2.05) is 35.7 Å². The number of H-pyrrole nitrogens is 1. The van der Waals surface area contributed by atoms with Gasteiger partial charge in [-0.1, -0.05) is 18.2 Å². The second-order valence-electron chi connectivity index (χ2n) is 8.08. The lowest BCUT2D eigenvalue weighted by Crippen LogP contribution is -2.45. The van der Waals surface area contributed by atoms with Crippen molar-refractivity contribution in [3.8, 4) is 0 Å². The van der Waals surface area contributed by atoms with Gasteiger partial charge in [0.05, 0.1) is 22.4 Å². The maximum absolute atomic E-state index is 13.1. The zero-order valence-electron chi connectivity index (χ0n) is 17.4. The molecule has 0 unspecified atom stereocenters. The Kier molecular flexibility index (Phi) is 4.34. The van der Waals surface area contributed by atoms with Gasteiger partial charge < -0.3 is 14.8 Å². The number of carbonyl (C=O) groups is 2. The number of nitrogens with one attached hydrogen (secondary N) is 2. The van der Waals surface area contributed by atoms with Crippen molar-refractivity contribution in [2.75, 3.05) is 38.1 Å². The molecule has 4 aromatic rings. The van der Waals surface area contributed by atoms with E-state index in [2.05, 4.69) is 27.1 Å². The lowest BCUT2D eigenvalue weighted by molar-refractivity contribution is -0.122. The number of nitrogens with zero attached hydrogens (tertiary/aromatic N) is 4. The van der Waals surface area contributed by atoms with Crippen molar-refractivity contribution in [2.45, 2.75) is 0 Å². The minimum Gasteiger partial charge on any atom is -0.352 e. The third-order valence-electron chi connectivity index (χ3n) is 6.12. The number of hydrogen-bond donors (Lipinski definition) is 2. The number of thiophene rings is 1. The average Bonchev–Trinajstić information content (AvgIpc) is 3.48. The summed E-state index contributed by atoms with van der Waals surface area (Å²) in [5.41, 5.74) is 2.61. The van der Waals surface area contributed by atoms with E-state index < -0.39 is 11.8 Å². The summed E-state index contributed by atoms with van der Waals surface area (Å²) in [5.74, 6) is -0.246. The van der Waals surface area contributed by atoms with E-state index in [0.29, 0.717) is 28.4 Å². The molecule has 6 rings (SSSR count). The van der Waals surface area contributed by atoms with Gasteiger partial charge in [0.15, 0.2) is 0 Å². The van der Waals surface area contributed by atoms with Crippen LogP contribution in [0, 0.1) is 0 Å². The van der Waals surface area contributed by atoms with Crippen LogP contribution in [0.5, 0.6) is 0 Å². The Balaban J connectivity index is 1.60. The number of fused-ring (bicyclic) bond motifs is 2. The van der Waals surface area contributed by atoms with Crippen molar-refractivity contribution in [3.63, 3.8) is 0 Å². The topological polar surface area (TPSA) is 94.2 Å². The molecule has 1 fully saturated rings. The van der Waals surface area contributed by atoms with Gasteiger partial charge in [0.2, 0.25) is 5.95 Å². The molecule has 3 aromatic heterocycles. The quantitative estimate of drug-likeness (QED) is 0.472. The van der Waals surface area contributed by atoms with Crippen LogP contribution in [-0.4, -0.2) is 64.9 Å². The van der Waals surface area contributed by atoms with E-state index in [-0.39, 0.29) is 0 Å². The summed E-state index contributed by atoms with van der Waals surface area (Å²) in [6.45, 7) is 3.44. The summed E-state index contributed by atoms with van der Waals surface area (Å²) in [7, 11) is 2.09. The molecule has 9 heteroatoms. The maximum Gasteiger partial charge on any atom is 0.261 e. The SMILES string of the molecule is CN1CCN(c2nc(C3=C(c4c[nH]c5sccc45)C(=O)NC3=O)c3ccccc3n2)CC1. The van der Waals surface area contributed by atoms with Crippen LogP contribution < -0.4 is 10.2 Å². The Morgan fingerprint density at radius 1 is 0.938 bits per heavy atom. The molecule has 8 nitrogen and oxygen atoms in total. The van der Waals surface area contributed by atoms with Crippen LogP contribution in [0.1, 0.15) is 11.3 Å². The second-order valence-corrected chi connectivity index (χ2v) is 8.99. The summed E-state index contributed by atoms with van der Waals surface area (Å²) in [4.78, 5) is 44.2. The molecular weight excluding hydrogens is 424 g/mol. The van der Waals surface area contributed by atoms with E-state index in [0.717, 1.165) is 47.3 Å². The number of likely N-dealkylation sites (N-methyl/N-ethyl adjacent to an activating group) is 1. The number of imide groups is 1. The van der Waals surface area contributed by atoms with Gasteiger partial charge >= 0.3 is 0 Å². The van der Waals surface area contributed by atoms with Crippen LogP contribution in [0.2, 0.25) is 0 Å². The van der Waals surface area contributed by atoms with Crippen molar-refractivity contribution in [2.24, 2.45) is 0 Å². The van der Waals surface area contributed by atoms with Crippen LogP contribution in [0.4, 0.5) is 5.95 Å². The van der Waals surface area contributed by atoms with Gasteiger partial charge in [0.25, 0.3) is 11.8 Å². The Labute approximate surface area is 187 Å². The zero-order chi connectivity index (χ0) is 21.8. The molecule has 1 aromatic carbocycles. The predicted molar refractivity (Wildman–Crippen MR) is 125 cm³/mol. The fourth-order valence-electron chi connectivity index (χ4n) is 4.40. The molecule has 0 atom stereocenters. The molecule has 0 radical (unpaired) electrons. The van der Waals surface area contributed by atoms with Crippen molar-refractivity contribution >= 4 is 61.4 Å². The molecule has 1 saturated heterocycles. The molecule has 0 spiro atoms. The predicted octanol–water partition coefficient (Wildman–Crippen LogP) is 2.49. The molecule has 0 bridgehead atoms. The summed E-state index contributed by atoms with van der Waals surface area (Å²) in [5, 5.41) is 6.12. The third-order valence-corrected chi connectivity index (χ3v) is 6.96. The molecular formula is C23H20N6O2S. The summed E-state index contributed by atoms with van der Waals surface area (Å²) < 4.78 is 0. The lowest BCUT2D eigenvalue weighted by atomic mass is 9.97. The van der Waals surface area contributed by atoms with Gasteiger partial charge in [0.1, 0.15) is 4.83 Å². The first kappa shape index (κ1) is 19.1. The second kappa shape index (κ2) is 7.25. The smallest absolute Gasteiger partial charge is 0.261 e. The van der Waals surface area contributed by atoms with Gasteiger partial charge in [0, 0.05) is 48.7 Å². The van der Waals surface area contributed by atoms with Gasteiger partial charge in [-0.15, -0.1) is 11.3 Å². The monoisotopic (exact) mass is 444 g/mol. The Morgan fingerprint density at radius 3 is 2.56 bits per heavy atom. The van der Waals surface area contributed by atoms with Crippen LogP contribution in [-0.2, 0) is 9.59 Å². The van der Waals surface area contributed by atoms with E-state index in [1.165, 1.54) is 0 Å². The summed E-state index contributed by atoms with van der Waals surface area (Å²) in [6, 6.07) is 9.59. The number of para-hydroxylation sites is 1. The van der Waals surface area contributed by atoms with E-state index >= 15 is 0 Å². The Hall–Kier alpha value is -3.56. The summed E-state index contributed by atoms with van der Waals surface area (Å²) >= 11 is 1.56. The molecule has 160 valence electrons. The van der Waals surface area contributed by atoms with Crippen LogP contribution in [0.3, 0.4) is 0 Å². The van der Waals surface area contributed by atoms with E-state index in [9.17, 15) is 9.59 Å². The average molecular weight is 445 g/mol. The fraction of sp³-hybridized carbons (Fsp3) is 0.217. The van der Waals surface area contributed by atoms with Crippen LogP contribution >= 0.6 is 11.3 Å². The first-order chi connectivity index (χ1) is 15.6. The highest BCUT2D eigenvalue weighted by Gasteiger charge is 2.36. The molecule has 0 aliphatic carbocycles. The first-order valence-electron chi connectivity index (χ1n) is 10.5. The molecule has 2 aliphatic rings. The maximum atomic E-state index is 13.1. The number of piperazine rings is 1. The van der Waals surface area contributed by atoms with Gasteiger partial charge in [-0.3, -0.25) is 14.9 Å². The Morgan fingerprint density at radius 2 is 1.72 bits per heavy atom. The van der Waals surface area contributed by atoms with Gasteiger partial charge in [-0.2, -0.15) is 0 Å². The van der Waals surface area contributed by atoms with Crippen molar-refractivity contribution in [1.82, 2.24) is 25.2 Å². The fourth-order valence-corrected chi connectivity index (χ4v) is 5.17. The van der Waals surface area contributed by atoms with Crippen molar-refractivity contribution < 1.29 is 9.59 Å². The van der Waals surface area contributed by atoms with Gasteiger partial charge in [-0.25, -0.2) is 9.97 Å². The van der Waals surface area contributed by atoms with Crippen LogP contribution in [0.25, 0.3) is 32.3 Å². The van der Waals surface area contributed by atoms with E-state index in [4.69, 9.17) is 9.97 Å². The highest BCUT2D eigenvalue weighted by atomic mass is 32.1. The zero-order valence-corrected chi connectivity index (χ0v) is 18.2. The minimum atomic E-state index is -0.428. The number of aromatic amines is 1. The van der Waals surface area contributed by atoms with Crippen LogP contribution in [0.15, 0.2) is 41.9 Å². The van der Waals surface area contributed by atoms with Crippen molar-refractivity contribution in [3.05, 3.63) is 53.2 Å². The lowest BCUT2D eigenvalue weighted by Gasteiger charge is -2.32. The molecule has 2 amide bonds. The molecule has 2 aliphatic heterocycles. The standard InChI is InChI=1S/C23H20N6O2S/c1-28-7-9-29(10-8-28)23-25-16-5-3-2-4-14(16)19(26-23)18-17(20(30)27-21(18)31)15-12-24-22-13(15)6-11-32-22/h2-6,11-12,24H,7-10H2,1H3,(H,27,30,31). The number of rotatable bonds is 3. The molecule has 2 N–H and O–H groups in total.